The van der Waals surface area contributed by atoms with Crippen LogP contribution in [0.25, 0.3) is 0 Å². The van der Waals surface area contributed by atoms with Gasteiger partial charge in [-0.1, -0.05) is 45.4 Å². The van der Waals surface area contributed by atoms with E-state index in [9.17, 15) is 9.59 Å². The molecule has 10 heteroatoms. The standard InChI is InChI=1S/C12H22O2.2Na.H2O4S2/c1-2-3-4-5-6-7-8-9-12(14)10-11-13;;;1-5(2)6(3)4/h11H,2-10H2,1H3;;;(H,1,2)(H,3,4)/q;2*+1;/p-2. The molecule has 0 aliphatic carbocycles. The van der Waals surface area contributed by atoms with Gasteiger partial charge in [0.15, 0.2) is 0 Å². The maximum atomic E-state index is 10.9. The molecule has 2 unspecified atom stereocenters. The summed E-state index contributed by atoms with van der Waals surface area (Å²) in [5.74, 6) is 0.0913. The number of Topliss-reactive ketones (excluding diaryl/α,β-unsaturated/α-hetero) is 1. The van der Waals surface area contributed by atoms with Crippen LogP contribution in [0.3, 0.4) is 0 Å². The summed E-state index contributed by atoms with van der Waals surface area (Å²) in [5.41, 5.74) is 0. The average Bonchev–Trinajstić information content (AvgIpc) is 2.38. The fourth-order valence-electron chi connectivity index (χ4n) is 1.47. The molecular formula is C12H22Na2O6S2. The van der Waals surface area contributed by atoms with E-state index in [1.807, 2.05) is 0 Å². The van der Waals surface area contributed by atoms with Crippen LogP contribution >= 0.6 is 0 Å². The molecule has 22 heavy (non-hydrogen) atoms. The topological polar surface area (TPSA) is 114 Å². The molecule has 0 bridgehead atoms. The Bertz CT molecular complexity index is 304. The van der Waals surface area contributed by atoms with Gasteiger partial charge in [-0.15, -0.1) is 0 Å². The first-order valence-electron chi connectivity index (χ1n) is 6.60. The Morgan fingerprint density at radius 3 is 1.68 bits per heavy atom. The van der Waals surface area contributed by atoms with Crippen molar-refractivity contribution < 1.29 is 86.2 Å². The molecule has 0 heterocycles. The van der Waals surface area contributed by atoms with Crippen molar-refractivity contribution in [2.45, 2.75) is 64.7 Å². The van der Waals surface area contributed by atoms with E-state index in [-0.39, 0.29) is 71.3 Å². The van der Waals surface area contributed by atoms with Crippen LogP contribution in [0.4, 0.5) is 0 Å². The van der Waals surface area contributed by atoms with E-state index >= 15 is 0 Å². The second-order valence-electron chi connectivity index (χ2n) is 4.19. The molecule has 2 atom stereocenters. The molecule has 0 amide bonds. The van der Waals surface area contributed by atoms with Crippen molar-refractivity contribution in [2.24, 2.45) is 0 Å². The zero-order chi connectivity index (χ0) is 15.8. The van der Waals surface area contributed by atoms with Gasteiger partial charge in [0.2, 0.25) is 0 Å². The molecule has 0 aromatic carbocycles. The molecular weight excluding hydrogens is 350 g/mol. The molecule has 0 spiro atoms. The molecule has 0 fully saturated rings. The Hall–Kier alpha value is 1.56. The molecule has 0 radical (unpaired) electrons. The molecule has 0 saturated heterocycles. The molecule has 0 aliphatic rings. The molecule has 120 valence electrons. The minimum atomic E-state index is -2.95. The van der Waals surface area contributed by atoms with Gasteiger partial charge in [-0.05, 0) is 6.42 Å². The van der Waals surface area contributed by atoms with Gasteiger partial charge in [-0.3, -0.25) is 13.2 Å². The van der Waals surface area contributed by atoms with E-state index in [2.05, 4.69) is 6.92 Å². The summed E-state index contributed by atoms with van der Waals surface area (Å²) in [5, 5.41) is 0. The normalized spacial score (nSPS) is 11.8. The van der Waals surface area contributed by atoms with Crippen LogP contribution in [0.2, 0.25) is 0 Å². The van der Waals surface area contributed by atoms with Crippen LogP contribution in [0.15, 0.2) is 0 Å². The Balaban J connectivity index is -0.000000174. The zero-order valence-electron chi connectivity index (χ0n) is 13.7. The van der Waals surface area contributed by atoms with Crippen LogP contribution < -0.4 is 59.1 Å². The molecule has 0 aliphatic heterocycles. The largest absolute Gasteiger partial charge is 1.00 e. The summed E-state index contributed by atoms with van der Waals surface area (Å²) < 4.78 is 36.3. The molecule has 0 saturated carbocycles. The smallest absolute Gasteiger partial charge is 0.763 e. The quantitative estimate of drug-likeness (QED) is 0.0911. The average molecular weight is 372 g/mol. The van der Waals surface area contributed by atoms with E-state index < -0.39 is 20.2 Å². The van der Waals surface area contributed by atoms with E-state index in [0.717, 1.165) is 12.8 Å². The number of carbonyl (C=O) groups excluding carboxylic acids is 2. The first-order chi connectivity index (χ1) is 9.45. The summed E-state index contributed by atoms with van der Waals surface area (Å²) in [7, 11) is -5.90. The second-order valence-corrected chi connectivity index (χ2v) is 6.64. The third kappa shape index (κ3) is 29.6. The molecule has 0 N–H and O–H groups in total. The first-order valence-corrected chi connectivity index (χ1v) is 9.26. The predicted octanol–water partition coefficient (Wildman–Crippen LogP) is -4.05. The van der Waals surface area contributed by atoms with Crippen LogP contribution in [-0.2, 0) is 29.8 Å². The molecule has 0 rings (SSSR count). The van der Waals surface area contributed by atoms with Crippen molar-refractivity contribution in [3.05, 3.63) is 0 Å². The van der Waals surface area contributed by atoms with Crippen molar-refractivity contribution in [1.29, 1.82) is 0 Å². The van der Waals surface area contributed by atoms with Crippen LogP contribution in [0.1, 0.15) is 64.7 Å². The van der Waals surface area contributed by atoms with Crippen molar-refractivity contribution >= 4 is 32.3 Å². The number of ketones is 1. The Morgan fingerprint density at radius 1 is 0.909 bits per heavy atom. The Kier molecular flexibility index (Phi) is 35.3. The van der Waals surface area contributed by atoms with E-state index in [1.165, 1.54) is 32.1 Å². The minimum absolute atomic E-state index is 0. The number of hydrogen-bond donors (Lipinski definition) is 0. The Morgan fingerprint density at radius 2 is 1.32 bits per heavy atom. The van der Waals surface area contributed by atoms with E-state index in [1.54, 1.807) is 0 Å². The Labute approximate surface area is 181 Å². The fraction of sp³-hybridized carbons (Fsp3) is 0.833. The summed E-state index contributed by atoms with van der Waals surface area (Å²) >= 11 is 0. The molecule has 0 aromatic heterocycles. The third-order valence-corrected chi connectivity index (χ3v) is 3.37. The van der Waals surface area contributed by atoms with Crippen molar-refractivity contribution in [3.8, 4) is 0 Å². The fourth-order valence-corrected chi connectivity index (χ4v) is 1.47. The van der Waals surface area contributed by atoms with Gasteiger partial charge < -0.3 is 13.9 Å². The third-order valence-electron chi connectivity index (χ3n) is 2.48. The maximum Gasteiger partial charge on any atom is 1.00 e. The van der Waals surface area contributed by atoms with E-state index in [4.69, 9.17) is 17.5 Å². The number of carbonyl (C=O) groups is 2. The summed E-state index contributed by atoms with van der Waals surface area (Å²) in [6.45, 7) is 2.21. The van der Waals surface area contributed by atoms with E-state index in [0.29, 0.717) is 12.7 Å². The summed E-state index contributed by atoms with van der Waals surface area (Å²) in [6, 6.07) is 0. The van der Waals surface area contributed by atoms with Crippen LogP contribution in [0, 0.1) is 0 Å². The summed E-state index contributed by atoms with van der Waals surface area (Å²) in [6.07, 6.45) is 9.92. The van der Waals surface area contributed by atoms with Gasteiger partial charge in [0.25, 0.3) is 0 Å². The second kappa shape index (κ2) is 24.8. The van der Waals surface area contributed by atoms with Crippen molar-refractivity contribution in [1.82, 2.24) is 0 Å². The first kappa shape index (κ1) is 31.3. The van der Waals surface area contributed by atoms with Gasteiger partial charge in [0.05, 0.1) is 6.42 Å². The SMILES string of the molecule is CCCCCCCCCC(=O)CC=O.O=S([O-])S(=O)[O-].[Na+].[Na+]. The van der Waals surface area contributed by atoms with Crippen LogP contribution in [0.5, 0.6) is 0 Å². The maximum absolute atomic E-state index is 10.9. The van der Waals surface area contributed by atoms with Gasteiger partial charge in [0.1, 0.15) is 12.1 Å². The van der Waals surface area contributed by atoms with Gasteiger partial charge >= 0.3 is 59.1 Å². The molecule has 6 nitrogen and oxygen atoms in total. The van der Waals surface area contributed by atoms with Crippen molar-refractivity contribution in [3.63, 3.8) is 0 Å². The summed E-state index contributed by atoms with van der Waals surface area (Å²) in [4.78, 5) is 20.9. The van der Waals surface area contributed by atoms with Gasteiger partial charge in [-0.2, -0.15) is 0 Å². The number of hydrogen-bond acceptors (Lipinski definition) is 6. The minimum Gasteiger partial charge on any atom is -0.763 e. The number of unbranched alkanes of at least 4 members (excludes halogenated alkanes) is 6. The monoisotopic (exact) mass is 372 g/mol. The van der Waals surface area contributed by atoms with Gasteiger partial charge in [-0.25, -0.2) is 0 Å². The zero-order valence-corrected chi connectivity index (χ0v) is 19.3. The number of aldehydes is 1. The number of rotatable bonds is 11. The predicted molar refractivity (Wildman–Crippen MR) is 76.1 cm³/mol. The van der Waals surface area contributed by atoms with Crippen molar-refractivity contribution in [2.75, 3.05) is 0 Å². The van der Waals surface area contributed by atoms with Crippen LogP contribution in [-0.4, -0.2) is 29.6 Å². The molecule has 0 aromatic rings. The van der Waals surface area contributed by atoms with Gasteiger partial charge in [0, 0.05) is 26.6 Å².